The summed E-state index contributed by atoms with van der Waals surface area (Å²) in [6.07, 6.45) is 1.53. The molecule has 0 saturated carbocycles. The zero-order valence-electron chi connectivity index (χ0n) is 11.2. The minimum atomic E-state index is -1.08. The SMILES string of the molecule is Cc1ccn(NC(=S)NC(=O)c2ccccc2)c1C(=O)O. The largest absolute Gasteiger partial charge is 0.477 e. The molecule has 3 N–H and O–H groups in total. The molecular weight excluding hydrogens is 290 g/mol. The highest BCUT2D eigenvalue weighted by Gasteiger charge is 2.15. The van der Waals surface area contributed by atoms with Crippen LogP contribution in [0.4, 0.5) is 0 Å². The van der Waals surface area contributed by atoms with E-state index in [9.17, 15) is 9.59 Å². The van der Waals surface area contributed by atoms with Crippen LogP contribution >= 0.6 is 12.2 Å². The predicted molar refractivity (Wildman–Crippen MR) is 82.0 cm³/mol. The summed E-state index contributed by atoms with van der Waals surface area (Å²) in [5, 5.41) is 11.6. The van der Waals surface area contributed by atoms with E-state index in [0.717, 1.165) is 0 Å². The Morgan fingerprint density at radius 1 is 1.19 bits per heavy atom. The van der Waals surface area contributed by atoms with Gasteiger partial charge in [-0.2, -0.15) is 0 Å². The van der Waals surface area contributed by atoms with Crippen molar-refractivity contribution in [3.63, 3.8) is 0 Å². The summed E-state index contributed by atoms with van der Waals surface area (Å²) in [6.45, 7) is 1.67. The smallest absolute Gasteiger partial charge is 0.354 e. The van der Waals surface area contributed by atoms with Crippen LogP contribution in [-0.4, -0.2) is 26.8 Å². The zero-order chi connectivity index (χ0) is 15.4. The second-order valence-electron chi connectivity index (χ2n) is 4.28. The lowest BCUT2D eigenvalue weighted by atomic mass is 10.2. The zero-order valence-corrected chi connectivity index (χ0v) is 12.0. The maximum atomic E-state index is 11.9. The summed E-state index contributed by atoms with van der Waals surface area (Å²) in [7, 11) is 0. The van der Waals surface area contributed by atoms with E-state index in [1.807, 2.05) is 0 Å². The van der Waals surface area contributed by atoms with Crippen LogP contribution < -0.4 is 10.7 Å². The van der Waals surface area contributed by atoms with E-state index in [1.54, 1.807) is 43.3 Å². The normalized spacial score (nSPS) is 9.95. The monoisotopic (exact) mass is 303 g/mol. The highest BCUT2D eigenvalue weighted by Crippen LogP contribution is 2.08. The fourth-order valence-corrected chi connectivity index (χ4v) is 1.99. The standard InChI is InChI=1S/C14H13N3O3S/c1-9-7-8-17(11(9)13(19)20)16-14(21)15-12(18)10-5-3-2-4-6-10/h2-8H,1H3,(H,19,20)(H2,15,16,18,21). The second-order valence-corrected chi connectivity index (χ2v) is 4.69. The van der Waals surface area contributed by atoms with E-state index in [4.69, 9.17) is 17.3 Å². The molecule has 0 bridgehead atoms. The maximum absolute atomic E-state index is 11.9. The number of aromatic carboxylic acids is 1. The number of amides is 1. The maximum Gasteiger partial charge on any atom is 0.354 e. The Hall–Kier alpha value is -2.67. The summed E-state index contributed by atoms with van der Waals surface area (Å²) < 4.78 is 1.26. The Bertz CT molecular complexity index is 695. The summed E-state index contributed by atoms with van der Waals surface area (Å²) in [4.78, 5) is 23.0. The van der Waals surface area contributed by atoms with Crippen LogP contribution in [-0.2, 0) is 0 Å². The lowest BCUT2D eigenvalue weighted by molar-refractivity contribution is 0.0686. The molecule has 108 valence electrons. The van der Waals surface area contributed by atoms with Gasteiger partial charge in [-0.05, 0) is 42.9 Å². The number of benzene rings is 1. The third kappa shape index (κ3) is 3.46. The van der Waals surface area contributed by atoms with E-state index in [2.05, 4.69) is 10.7 Å². The summed E-state index contributed by atoms with van der Waals surface area (Å²) >= 11 is 5.01. The van der Waals surface area contributed by atoms with Crippen molar-refractivity contribution in [1.29, 1.82) is 0 Å². The topological polar surface area (TPSA) is 83.4 Å². The molecule has 0 atom stereocenters. The second kappa shape index (κ2) is 6.19. The molecule has 0 unspecified atom stereocenters. The lowest BCUT2D eigenvalue weighted by Gasteiger charge is -2.12. The number of carbonyl (C=O) groups is 2. The van der Waals surface area contributed by atoms with Gasteiger partial charge in [-0.1, -0.05) is 18.2 Å². The first-order valence-corrected chi connectivity index (χ1v) is 6.48. The summed E-state index contributed by atoms with van der Waals surface area (Å²) in [5.41, 5.74) is 3.76. The molecule has 0 radical (unpaired) electrons. The molecule has 2 rings (SSSR count). The Kier molecular flexibility index (Phi) is 4.34. The van der Waals surface area contributed by atoms with Crippen LogP contribution in [0.15, 0.2) is 42.6 Å². The highest BCUT2D eigenvalue weighted by atomic mass is 32.1. The summed E-state index contributed by atoms with van der Waals surface area (Å²) in [6, 6.07) is 10.2. The quantitative estimate of drug-likeness (QED) is 0.753. The highest BCUT2D eigenvalue weighted by molar-refractivity contribution is 7.80. The fraction of sp³-hybridized carbons (Fsp3) is 0.0714. The van der Waals surface area contributed by atoms with Gasteiger partial charge in [0.05, 0.1) is 0 Å². The third-order valence-electron chi connectivity index (χ3n) is 2.78. The number of hydrogen-bond donors (Lipinski definition) is 3. The molecule has 7 heteroatoms. The van der Waals surface area contributed by atoms with Gasteiger partial charge in [-0.15, -0.1) is 0 Å². The van der Waals surface area contributed by atoms with Gasteiger partial charge in [0.1, 0.15) is 0 Å². The van der Waals surface area contributed by atoms with Gasteiger partial charge in [-0.3, -0.25) is 20.2 Å². The number of rotatable bonds is 3. The lowest BCUT2D eigenvalue weighted by Crippen LogP contribution is -2.38. The van der Waals surface area contributed by atoms with Gasteiger partial charge in [0, 0.05) is 11.8 Å². The minimum absolute atomic E-state index is 0.0157. The number of nitrogens with zero attached hydrogens (tertiary/aromatic N) is 1. The van der Waals surface area contributed by atoms with Gasteiger partial charge < -0.3 is 5.11 Å². The van der Waals surface area contributed by atoms with Crippen molar-refractivity contribution >= 4 is 29.2 Å². The van der Waals surface area contributed by atoms with E-state index in [-0.39, 0.29) is 16.7 Å². The molecule has 2 aromatic rings. The number of carboxylic acid groups (broad SMARTS) is 1. The fourth-order valence-electron chi connectivity index (χ4n) is 1.80. The molecule has 0 aliphatic carbocycles. The van der Waals surface area contributed by atoms with Crippen molar-refractivity contribution < 1.29 is 14.7 Å². The predicted octanol–water partition coefficient (Wildman–Crippen LogP) is 1.75. The molecule has 0 spiro atoms. The van der Waals surface area contributed by atoms with Gasteiger partial charge >= 0.3 is 5.97 Å². The molecular formula is C14H13N3O3S. The van der Waals surface area contributed by atoms with Crippen LogP contribution in [0.5, 0.6) is 0 Å². The number of aromatic nitrogens is 1. The summed E-state index contributed by atoms with van der Waals surface area (Å²) in [5.74, 6) is -1.45. The van der Waals surface area contributed by atoms with E-state index >= 15 is 0 Å². The molecule has 1 heterocycles. The number of carbonyl (C=O) groups excluding carboxylic acids is 1. The van der Waals surface area contributed by atoms with Crippen molar-refractivity contribution in [1.82, 2.24) is 9.99 Å². The van der Waals surface area contributed by atoms with Crippen molar-refractivity contribution in [3.8, 4) is 0 Å². The van der Waals surface area contributed by atoms with Gasteiger partial charge in [0.25, 0.3) is 5.91 Å². The number of carboxylic acids is 1. The van der Waals surface area contributed by atoms with Crippen molar-refractivity contribution in [3.05, 3.63) is 59.4 Å². The molecule has 1 aromatic heterocycles. The number of aryl methyl sites for hydroxylation is 1. The Morgan fingerprint density at radius 2 is 1.86 bits per heavy atom. The van der Waals surface area contributed by atoms with Gasteiger partial charge in [0.15, 0.2) is 10.8 Å². The molecule has 0 saturated heterocycles. The van der Waals surface area contributed by atoms with Crippen LogP contribution in [0.3, 0.4) is 0 Å². The first-order valence-electron chi connectivity index (χ1n) is 6.07. The Morgan fingerprint density at radius 3 is 2.48 bits per heavy atom. The van der Waals surface area contributed by atoms with Gasteiger partial charge in [0.2, 0.25) is 0 Å². The Labute approximate surface area is 126 Å². The molecule has 6 nitrogen and oxygen atoms in total. The molecule has 1 amide bonds. The minimum Gasteiger partial charge on any atom is -0.477 e. The molecule has 0 fully saturated rings. The van der Waals surface area contributed by atoms with Crippen molar-refractivity contribution in [2.45, 2.75) is 6.92 Å². The first-order chi connectivity index (χ1) is 9.99. The molecule has 0 aliphatic rings. The molecule has 1 aromatic carbocycles. The average Bonchev–Trinajstić information content (AvgIpc) is 2.80. The van der Waals surface area contributed by atoms with E-state index in [0.29, 0.717) is 11.1 Å². The first kappa shape index (κ1) is 14.7. The van der Waals surface area contributed by atoms with Crippen LogP contribution in [0, 0.1) is 6.92 Å². The molecule has 21 heavy (non-hydrogen) atoms. The number of nitrogens with one attached hydrogen (secondary N) is 2. The molecule has 0 aliphatic heterocycles. The van der Waals surface area contributed by atoms with E-state index in [1.165, 1.54) is 10.9 Å². The number of hydrogen-bond acceptors (Lipinski definition) is 3. The van der Waals surface area contributed by atoms with E-state index < -0.39 is 5.97 Å². The average molecular weight is 303 g/mol. The third-order valence-corrected chi connectivity index (χ3v) is 2.97. The number of thiocarbonyl (C=S) groups is 1. The van der Waals surface area contributed by atoms with Crippen molar-refractivity contribution in [2.24, 2.45) is 0 Å². The van der Waals surface area contributed by atoms with Crippen molar-refractivity contribution in [2.75, 3.05) is 5.43 Å². The van der Waals surface area contributed by atoms with Crippen LogP contribution in [0.1, 0.15) is 26.4 Å². The van der Waals surface area contributed by atoms with Gasteiger partial charge in [-0.25, -0.2) is 4.79 Å². The van der Waals surface area contributed by atoms with Crippen LogP contribution in [0.2, 0.25) is 0 Å². The van der Waals surface area contributed by atoms with Crippen LogP contribution in [0.25, 0.3) is 0 Å². The Balaban J connectivity index is 2.06.